The molecule has 0 saturated heterocycles. The fraction of sp³-hybridized carbons (Fsp3) is 0.267. The number of nitrogens with one attached hydrogen (secondary N) is 1. The van der Waals surface area contributed by atoms with Crippen molar-refractivity contribution in [3.63, 3.8) is 0 Å². The van der Waals surface area contributed by atoms with Crippen LogP contribution in [-0.2, 0) is 0 Å². The number of benzene rings is 1. The molecule has 1 aromatic carbocycles. The summed E-state index contributed by atoms with van der Waals surface area (Å²) in [6.45, 7) is 5.97. The van der Waals surface area contributed by atoms with E-state index in [1.54, 1.807) is 24.3 Å². The number of hydrogen-bond acceptors (Lipinski definition) is 4. The summed E-state index contributed by atoms with van der Waals surface area (Å²) in [5.74, 6) is 0.717. The van der Waals surface area contributed by atoms with Crippen LogP contribution in [0.3, 0.4) is 0 Å². The first kappa shape index (κ1) is 14.0. The van der Waals surface area contributed by atoms with Gasteiger partial charge in [0.2, 0.25) is 0 Å². The highest BCUT2D eigenvalue weighted by Gasteiger charge is 2.07. The van der Waals surface area contributed by atoms with Gasteiger partial charge in [0, 0.05) is 17.4 Å². The Labute approximate surface area is 117 Å². The van der Waals surface area contributed by atoms with Crippen molar-refractivity contribution < 1.29 is 9.90 Å². The van der Waals surface area contributed by atoms with Gasteiger partial charge in [0.25, 0.3) is 0 Å². The van der Waals surface area contributed by atoms with Gasteiger partial charge < -0.3 is 10.4 Å². The Kier molecular flexibility index (Phi) is 3.98. The first-order chi connectivity index (χ1) is 9.45. The lowest BCUT2D eigenvalue weighted by atomic mass is 10.1. The van der Waals surface area contributed by atoms with Crippen LogP contribution in [0, 0.1) is 6.92 Å². The third kappa shape index (κ3) is 3.32. The van der Waals surface area contributed by atoms with Crippen molar-refractivity contribution in [3.8, 4) is 0 Å². The first-order valence-corrected chi connectivity index (χ1v) is 6.41. The van der Waals surface area contributed by atoms with Crippen molar-refractivity contribution in [1.82, 2.24) is 9.97 Å². The van der Waals surface area contributed by atoms with Crippen LogP contribution in [0.4, 0.5) is 11.5 Å². The molecule has 0 amide bonds. The molecule has 0 atom stereocenters. The van der Waals surface area contributed by atoms with Crippen LogP contribution in [0.5, 0.6) is 0 Å². The van der Waals surface area contributed by atoms with Gasteiger partial charge in [-0.1, -0.05) is 19.9 Å². The highest BCUT2D eigenvalue weighted by Crippen LogP contribution is 2.20. The summed E-state index contributed by atoms with van der Waals surface area (Å²) in [6.07, 6.45) is 0. The highest BCUT2D eigenvalue weighted by molar-refractivity contribution is 5.89. The van der Waals surface area contributed by atoms with Crippen molar-refractivity contribution >= 4 is 17.5 Å². The fourth-order valence-electron chi connectivity index (χ4n) is 1.83. The summed E-state index contributed by atoms with van der Waals surface area (Å²) in [6, 6.07) is 8.51. The summed E-state index contributed by atoms with van der Waals surface area (Å²) in [7, 11) is 0. The molecular formula is C15H17N3O2. The molecule has 5 heteroatoms. The van der Waals surface area contributed by atoms with E-state index in [1.165, 1.54) is 0 Å². The predicted octanol–water partition coefficient (Wildman–Crippen LogP) is 3.35. The molecule has 0 unspecified atom stereocenters. The van der Waals surface area contributed by atoms with Gasteiger partial charge in [0.1, 0.15) is 11.6 Å². The van der Waals surface area contributed by atoms with E-state index in [2.05, 4.69) is 29.1 Å². The van der Waals surface area contributed by atoms with Gasteiger partial charge in [0.05, 0.1) is 5.56 Å². The number of carbonyl (C=O) groups is 1. The normalized spacial score (nSPS) is 10.6. The Morgan fingerprint density at radius 3 is 2.65 bits per heavy atom. The quantitative estimate of drug-likeness (QED) is 0.891. The fourth-order valence-corrected chi connectivity index (χ4v) is 1.83. The molecule has 2 N–H and O–H groups in total. The van der Waals surface area contributed by atoms with Crippen LogP contribution >= 0.6 is 0 Å². The molecule has 104 valence electrons. The van der Waals surface area contributed by atoms with E-state index in [1.807, 2.05) is 13.0 Å². The second-order valence-corrected chi connectivity index (χ2v) is 4.89. The topological polar surface area (TPSA) is 75.1 Å². The maximum absolute atomic E-state index is 10.9. The molecule has 1 aromatic heterocycles. The second kappa shape index (κ2) is 5.69. The summed E-state index contributed by atoms with van der Waals surface area (Å²) < 4.78 is 0. The van der Waals surface area contributed by atoms with Crippen molar-refractivity contribution in [2.45, 2.75) is 26.7 Å². The van der Waals surface area contributed by atoms with Gasteiger partial charge in [-0.2, -0.15) is 0 Å². The molecule has 0 fully saturated rings. The Bertz CT molecular complexity index is 639. The monoisotopic (exact) mass is 271 g/mol. The van der Waals surface area contributed by atoms with Gasteiger partial charge in [-0.3, -0.25) is 0 Å². The van der Waals surface area contributed by atoms with E-state index < -0.39 is 5.97 Å². The van der Waals surface area contributed by atoms with Gasteiger partial charge in [0.15, 0.2) is 0 Å². The van der Waals surface area contributed by atoms with Gasteiger partial charge in [-0.15, -0.1) is 0 Å². The summed E-state index contributed by atoms with van der Waals surface area (Å²) in [5, 5.41) is 12.1. The summed E-state index contributed by atoms with van der Waals surface area (Å²) in [4.78, 5) is 19.6. The minimum Gasteiger partial charge on any atom is -0.478 e. The van der Waals surface area contributed by atoms with Gasteiger partial charge >= 0.3 is 5.97 Å². The molecule has 2 rings (SSSR count). The molecule has 2 aromatic rings. The van der Waals surface area contributed by atoms with Crippen molar-refractivity contribution in [3.05, 3.63) is 47.4 Å². The molecule has 0 aliphatic heterocycles. The maximum Gasteiger partial charge on any atom is 0.335 e. The number of carboxylic acid groups (broad SMARTS) is 1. The van der Waals surface area contributed by atoms with Gasteiger partial charge in [-0.05, 0) is 31.0 Å². The van der Waals surface area contributed by atoms with E-state index in [9.17, 15) is 4.79 Å². The Morgan fingerprint density at radius 2 is 2.00 bits per heavy atom. The van der Waals surface area contributed by atoms with Gasteiger partial charge in [-0.25, -0.2) is 14.8 Å². The zero-order valence-corrected chi connectivity index (χ0v) is 11.7. The molecule has 20 heavy (non-hydrogen) atoms. The van der Waals surface area contributed by atoms with Crippen LogP contribution in [0.1, 0.15) is 41.6 Å². The average molecular weight is 271 g/mol. The number of anilines is 2. The molecule has 0 bridgehead atoms. The Balaban J connectivity index is 2.30. The molecule has 0 aliphatic rings. The van der Waals surface area contributed by atoms with Crippen LogP contribution in [0.15, 0.2) is 30.3 Å². The minimum absolute atomic E-state index is 0.241. The molecule has 5 nitrogen and oxygen atoms in total. The van der Waals surface area contributed by atoms with E-state index in [4.69, 9.17) is 5.11 Å². The highest BCUT2D eigenvalue weighted by atomic mass is 16.4. The zero-order valence-electron chi connectivity index (χ0n) is 11.7. The molecule has 0 aliphatic carbocycles. The van der Waals surface area contributed by atoms with Crippen molar-refractivity contribution in [2.24, 2.45) is 0 Å². The van der Waals surface area contributed by atoms with E-state index >= 15 is 0 Å². The summed E-state index contributed by atoms with van der Waals surface area (Å²) in [5.41, 5.74) is 1.89. The largest absolute Gasteiger partial charge is 0.478 e. The van der Waals surface area contributed by atoms with Crippen LogP contribution in [0.2, 0.25) is 0 Å². The molecule has 1 heterocycles. The number of nitrogens with zero attached hydrogens (tertiary/aromatic N) is 2. The standard InChI is InChI=1S/C15H17N3O2/c1-9(2)13-8-14(17-10(3)16-13)18-12-6-4-5-11(7-12)15(19)20/h4-9H,1-3H3,(H,19,20)(H,16,17,18). The number of carboxylic acids is 1. The van der Waals surface area contributed by atoms with E-state index in [-0.39, 0.29) is 5.56 Å². The lowest BCUT2D eigenvalue weighted by Gasteiger charge is -2.10. The molecule has 0 saturated carbocycles. The van der Waals surface area contributed by atoms with Crippen molar-refractivity contribution in [1.29, 1.82) is 0 Å². The third-order valence-electron chi connectivity index (χ3n) is 2.83. The molecule has 0 radical (unpaired) electrons. The predicted molar refractivity (Wildman–Crippen MR) is 77.5 cm³/mol. The van der Waals surface area contributed by atoms with Crippen LogP contribution < -0.4 is 5.32 Å². The Hall–Kier alpha value is -2.43. The Morgan fingerprint density at radius 1 is 1.25 bits per heavy atom. The molecular weight excluding hydrogens is 254 g/mol. The average Bonchev–Trinajstić information content (AvgIpc) is 2.38. The van der Waals surface area contributed by atoms with Crippen molar-refractivity contribution in [2.75, 3.05) is 5.32 Å². The number of aromatic nitrogens is 2. The SMILES string of the molecule is Cc1nc(Nc2cccc(C(=O)O)c2)cc(C(C)C)n1. The minimum atomic E-state index is -0.949. The lowest BCUT2D eigenvalue weighted by molar-refractivity contribution is 0.0697. The van der Waals surface area contributed by atoms with E-state index in [0.717, 1.165) is 5.69 Å². The number of aromatic carboxylic acids is 1. The second-order valence-electron chi connectivity index (χ2n) is 4.89. The molecule has 0 spiro atoms. The van der Waals surface area contributed by atoms with E-state index in [0.29, 0.717) is 23.2 Å². The lowest BCUT2D eigenvalue weighted by Crippen LogP contribution is -2.03. The number of rotatable bonds is 4. The maximum atomic E-state index is 10.9. The van der Waals surface area contributed by atoms with Crippen LogP contribution in [0.25, 0.3) is 0 Å². The smallest absolute Gasteiger partial charge is 0.335 e. The summed E-state index contributed by atoms with van der Waals surface area (Å²) >= 11 is 0. The van der Waals surface area contributed by atoms with Crippen LogP contribution in [-0.4, -0.2) is 21.0 Å². The zero-order chi connectivity index (χ0) is 14.7. The third-order valence-corrected chi connectivity index (χ3v) is 2.83. The first-order valence-electron chi connectivity index (χ1n) is 6.41. The number of hydrogen-bond donors (Lipinski definition) is 2. The number of aryl methyl sites for hydroxylation is 1.